The van der Waals surface area contributed by atoms with E-state index in [1.54, 1.807) is 12.1 Å². The van der Waals surface area contributed by atoms with Gasteiger partial charge in [-0.1, -0.05) is 59.9 Å². The number of hydrogen-bond donors (Lipinski definition) is 1. The van der Waals surface area contributed by atoms with Crippen molar-refractivity contribution in [1.82, 2.24) is 5.32 Å². The molecule has 0 aromatic heterocycles. The summed E-state index contributed by atoms with van der Waals surface area (Å²) in [6.07, 6.45) is 0. The SMILES string of the molecule is CCNC(C)c1cccc(-c2c(Cl)cc(Cl)cc2Cl)c1. The molecule has 20 heavy (non-hydrogen) atoms. The highest BCUT2D eigenvalue weighted by atomic mass is 35.5. The van der Waals surface area contributed by atoms with Gasteiger partial charge in [-0.2, -0.15) is 0 Å². The van der Waals surface area contributed by atoms with Crippen LogP contribution in [0.4, 0.5) is 0 Å². The quantitative estimate of drug-likeness (QED) is 0.727. The van der Waals surface area contributed by atoms with E-state index >= 15 is 0 Å². The van der Waals surface area contributed by atoms with E-state index in [0.29, 0.717) is 15.1 Å². The second-order valence-electron chi connectivity index (χ2n) is 4.65. The first-order chi connectivity index (χ1) is 9.52. The van der Waals surface area contributed by atoms with Gasteiger partial charge in [0, 0.05) is 16.6 Å². The molecule has 1 nitrogen and oxygen atoms in total. The maximum absolute atomic E-state index is 6.28. The molecular formula is C16H16Cl3N. The van der Waals surface area contributed by atoms with Gasteiger partial charge in [0.15, 0.2) is 0 Å². The molecule has 0 amide bonds. The molecular weight excluding hydrogens is 313 g/mol. The van der Waals surface area contributed by atoms with Gasteiger partial charge in [-0.15, -0.1) is 0 Å². The molecule has 1 unspecified atom stereocenters. The predicted octanol–water partition coefficient (Wildman–Crippen LogP) is 5.98. The number of rotatable bonds is 4. The summed E-state index contributed by atoms with van der Waals surface area (Å²) in [5.74, 6) is 0. The summed E-state index contributed by atoms with van der Waals surface area (Å²) in [5, 5.41) is 5.07. The van der Waals surface area contributed by atoms with Crippen molar-refractivity contribution in [1.29, 1.82) is 0 Å². The lowest BCUT2D eigenvalue weighted by atomic mass is 10.00. The number of hydrogen-bond acceptors (Lipinski definition) is 1. The molecule has 1 N–H and O–H groups in total. The lowest BCUT2D eigenvalue weighted by Gasteiger charge is -2.15. The third-order valence-corrected chi connectivity index (χ3v) is 4.01. The molecule has 1 atom stereocenters. The smallest absolute Gasteiger partial charge is 0.0514 e. The fourth-order valence-corrected chi connectivity index (χ4v) is 3.24. The molecule has 0 saturated heterocycles. The van der Waals surface area contributed by atoms with Crippen molar-refractivity contribution >= 4 is 34.8 Å². The van der Waals surface area contributed by atoms with Gasteiger partial charge in [0.05, 0.1) is 10.0 Å². The lowest BCUT2D eigenvalue weighted by molar-refractivity contribution is 0.598. The Balaban J connectivity index is 2.46. The van der Waals surface area contributed by atoms with Crippen LogP contribution in [-0.4, -0.2) is 6.54 Å². The zero-order chi connectivity index (χ0) is 14.7. The van der Waals surface area contributed by atoms with Crippen LogP contribution in [0.2, 0.25) is 15.1 Å². The summed E-state index contributed by atoms with van der Waals surface area (Å²) in [7, 11) is 0. The normalized spacial score (nSPS) is 12.4. The van der Waals surface area contributed by atoms with Crippen molar-refractivity contribution in [3.8, 4) is 11.1 Å². The number of nitrogens with one attached hydrogen (secondary N) is 1. The van der Waals surface area contributed by atoms with Crippen LogP contribution in [0.3, 0.4) is 0 Å². The standard InChI is InChI=1S/C16H16Cl3N/c1-3-20-10(2)11-5-4-6-12(7-11)16-14(18)8-13(17)9-15(16)19/h4-10,20H,3H2,1-2H3. The highest BCUT2D eigenvalue weighted by Crippen LogP contribution is 2.37. The summed E-state index contributed by atoms with van der Waals surface area (Å²) in [4.78, 5) is 0. The maximum Gasteiger partial charge on any atom is 0.0514 e. The Morgan fingerprint density at radius 3 is 2.30 bits per heavy atom. The minimum absolute atomic E-state index is 0.282. The third-order valence-electron chi connectivity index (χ3n) is 3.19. The van der Waals surface area contributed by atoms with E-state index in [2.05, 4.69) is 31.3 Å². The van der Waals surface area contributed by atoms with Gasteiger partial charge in [0.25, 0.3) is 0 Å². The van der Waals surface area contributed by atoms with Crippen molar-refractivity contribution < 1.29 is 0 Å². The van der Waals surface area contributed by atoms with E-state index in [0.717, 1.165) is 17.7 Å². The minimum Gasteiger partial charge on any atom is -0.310 e. The number of halogens is 3. The van der Waals surface area contributed by atoms with Crippen LogP contribution < -0.4 is 5.32 Å². The third kappa shape index (κ3) is 3.48. The summed E-state index contributed by atoms with van der Waals surface area (Å²) < 4.78 is 0. The highest BCUT2D eigenvalue weighted by Gasteiger charge is 2.12. The van der Waals surface area contributed by atoms with Crippen LogP contribution >= 0.6 is 34.8 Å². The van der Waals surface area contributed by atoms with Crippen LogP contribution in [-0.2, 0) is 0 Å². The van der Waals surface area contributed by atoms with Crippen LogP contribution in [0.5, 0.6) is 0 Å². The van der Waals surface area contributed by atoms with E-state index in [4.69, 9.17) is 34.8 Å². The lowest BCUT2D eigenvalue weighted by Crippen LogP contribution is -2.17. The van der Waals surface area contributed by atoms with Gasteiger partial charge in [-0.05, 0) is 42.8 Å². The Hall–Kier alpha value is -0.730. The molecule has 0 aliphatic heterocycles. The van der Waals surface area contributed by atoms with Gasteiger partial charge < -0.3 is 5.32 Å². The largest absolute Gasteiger partial charge is 0.310 e. The van der Waals surface area contributed by atoms with Gasteiger partial charge in [-0.3, -0.25) is 0 Å². The van der Waals surface area contributed by atoms with E-state index in [1.807, 2.05) is 12.1 Å². The van der Waals surface area contributed by atoms with E-state index in [1.165, 1.54) is 5.56 Å². The highest BCUT2D eigenvalue weighted by molar-refractivity contribution is 6.41. The Morgan fingerprint density at radius 1 is 1.05 bits per heavy atom. The molecule has 106 valence electrons. The van der Waals surface area contributed by atoms with Crippen molar-refractivity contribution in [3.05, 3.63) is 57.0 Å². The van der Waals surface area contributed by atoms with Crippen molar-refractivity contribution in [2.45, 2.75) is 19.9 Å². The molecule has 4 heteroatoms. The summed E-state index contributed by atoms with van der Waals surface area (Å²) in [6.45, 7) is 5.15. The van der Waals surface area contributed by atoms with E-state index < -0.39 is 0 Å². The van der Waals surface area contributed by atoms with Crippen LogP contribution in [0, 0.1) is 0 Å². The van der Waals surface area contributed by atoms with Crippen LogP contribution in [0.1, 0.15) is 25.5 Å². The first kappa shape index (κ1) is 15.7. The molecule has 2 aromatic rings. The fraction of sp³-hybridized carbons (Fsp3) is 0.250. The molecule has 2 rings (SSSR count). The predicted molar refractivity (Wildman–Crippen MR) is 89.0 cm³/mol. The molecule has 0 aliphatic carbocycles. The molecule has 0 fully saturated rings. The van der Waals surface area contributed by atoms with Gasteiger partial charge >= 0.3 is 0 Å². The summed E-state index contributed by atoms with van der Waals surface area (Å²) in [5.41, 5.74) is 3.02. The Kier molecular flexibility index (Phi) is 5.34. The summed E-state index contributed by atoms with van der Waals surface area (Å²) >= 11 is 18.5. The molecule has 2 aromatic carbocycles. The van der Waals surface area contributed by atoms with Crippen LogP contribution in [0.25, 0.3) is 11.1 Å². The summed E-state index contributed by atoms with van der Waals surface area (Å²) in [6, 6.07) is 11.9. The monoisotopic (exact) mass is 327 g/mol. The average Bonchev–Trinajstić information content (AvgIpc) is 2.38. The molecule has 0 radical (unpaired) electrons. The van der Waals surface area contributed by atoms with E-state index in [-0.39, 0.29) is 6.04 Å². The molecule has 0 saturated carbocycles. The average molecular weight is 329 g/mol. The Labute approximate surface area is 134 Å². The minimum atomic E-state index is 0.282. The topological polar surface area (TPSA) is 12.0 Å². The Morgan fingerprint density at radius 2 is 1.70 bits per heavy atom. The maximum atomic E-state index is 6.28. The number of benzene rings is 2. The molecule has 0 bridgehead atoms. The second kappa shape index (κ2) is 6.82. The van der Waals surface area contributed by atoms with Gasteiger partial charge in [-0.25, -0.2) is 0 Å². The second-order valence-corrected chi connectivity index (χ2v) is 5.90. The zero-order valence-corrected chi connectivity index (χ0v) is 13.7. The molecule has 0 aliphatic rings. The van der Waals surface area contributed by atoms with Crippen LogP contribution in [0.15, 0.2) is 36.4 Å². The first-order valence-corrected chi connectivity index (χ1v) is 7.64. The van der Waals surface area contributed by atoms with Crippen molar-refractivity contribution in [2.75, 3.05) is 6.54 Å². The van der Waals surface area contributed by atoms with Crippen molar-refractivity contribution in [2.24, 2.45) is 0 Å². The molecule has 0 heterocycles. The first-order valence-electron chi connectivity index (χ1n) is 6.51. The van der Waals surface area contributed by atoms with Gasteiger partial charge in [0.1, 0.15) is 0 Å². The van der Waals surface area contributed by atoms with Crippen molar-refractivity contribution in [3.63, 3.8) is 0 Å². The Bertz CT molecular complexity index is 587. The molecule has 0 spiro atoms. The fourth-order valence-electron chi connectivity index (χ4n) is 2.21. The zero-order valence-electron chi connectivity index (χ0n) is 11.4. The van der Waals surface area contributed by atoms with E-state index in [9.17, 15) is 0 Å². The van der Waals surface area contributed by atoms with Gasteiger partial charge in [0.2, 0.25) is 0 Å².